The maximum atomic E-state index is 11.2. The van der Waals surface area contributed by atoms with Crippen molar-refractivity contribution < 1.29 is 14.6 Å². The number of hydrogen-bond acceptors (Lipinski definition) is 4. The molecule has 0 fully saturated rings. The molecule has 0 bridgehead atoms. The lowest BCUT2D eigenvalue weighted by atomic mass is 9.96. The second-order valence-electron chi connectivity index (χ2n) is 7.44. The standard InChI is InChI=1S/C23H31NO3/c1-18(2)14-22(23(26)17-27-19(3)25)24(15-20-10-6-4-7-11-20)16-21-12-8-5-9-13-21/h4-13,18,22-23,26H,14-17H2,1-3H3/t22-,23+/m0/s1. The predicted molar refractivity (Wildman–Crippen MR) is 108 cm³/mol. The van der Waals surface area contributed by atoms with E-state index < -0.39 is 6.10 Å². The summed E-state index contributed by atoms with van der Waals surface area (Å²) in [5, 5.41) is 10.8. The zero-order valence-corrected chi connectivity index (χ0v) is 16.5. The van der Waals surface area contributed by atoms with Crippen LogP contribution in [0.1, 0.15) is 38.3 Å². The van der Waals surface area contributed by atoms with E-state index in [1.54, 1.807) is 0 Å². The Bertz CT molecular complexity index is 631. The van der Waals surface area contributed by atoms with E-state index in [0.717, 1.165) is 19.5 Å². The number of esters is 1. The summed E-state index contributed by atoms with van der Waals surface area (Å²) in [6.07, 6.45) is 0.0889. The van der Waals surface area contributed by atoms with Gasteiger partial charge in [0.15, 0.2) is 0 Å². The Hall–Kier alpha value is -2.17. The summed E-state index contributed by atoms with van der Waals surface area (Å²) >= 11 is 0. The van der Waals surface area contributed by atoms with Crippen molar-refractivity contribution in [2.45, 2.75) is 52.4 Å². The molecule has 0 amide bonds. The zero-order valence-electron chi connectivity index (χ0n) is 16.5. The van der Waals surface area contributed by atoms with E-state index in [1.807, 2.05) is 36.4 Å². The average molecular weight is 370 g/mol. The van der Waals surface area contributed by atoms with Gasteiger partial charge in [-0.3, -0.25) is 9.69 Å². The molecule has 4 nitrogen and oxygen atoms in total. The summed E-state index contributed by atoms with van der Waals surface area (Å²) in [4.78, 5) is 13.5. The lowest BCUT2D eigenvalue weighted by Crippen LogP contribution is -2.46. The SMILES string of the molecule is CC(=O)OC[C@@H](O)[C@H](CC(C)C)N(Cc1ccccc1)Cc1ccccc1. The molecule has 0 saturated heterocycles. The van der Waals surface area contributed by atoms with Crippen LogP contribution in [0.25, 0.3) is 0 Å². The van der Waals surface area contributed by atoms with Crippen molar-refractivity contribution in [3.05, 3.63) is 71.8 Å². The second kappa shape index (κ2) is 10.9. The number of rotatable bonds is 10. The Morgan fingerprint density at radius 3 is 1.85 bits per heavy atom. The van der Waals surface area contributed by atoms with Crippen molar-refractivity contribution >= 4 is 5.97 Å². The molecule has 0 aromatic heterocycles. The van der Waals surface area contributed by atoms with E-state index in [-0.39, 0.29) is 18.6 Å². The number of aliphatic hydroxyl groups excluding tert-OH is 1. The molecule has 27 heavy (non-hydrogen) atoms. The highest BCUT2D eigenvalue weighted by molar-refractivity contribution is 5.65. The smallest absolute Gasteiger partial charge is 0.302 e. The fourth-order valence-electron chi connectivity index (χ4n) is 3.27. The molecule has 2 aromatic carbocycles. The predicted octanol–water partition coefficient (Wildman–Crippen LogP) is 4.03. The fourth-order valence-corrected chi connectivity index (χ4v) is 3.27. The number of benzene rings is 2. The van der Waals surface area contributed by atoms with Gasteiger partial charge in [-0.05, 0) is 23.5 Å². The average Bonchev–Trinajstić information content (AvgIpc) is 2.65. The molecular formula is C23H31NO3. The van der Waals surface area contributed by atoms with E-state index in [1.165, 1.54) is 18.1 Å². The third-order valence-corrected chi connectivity index (χ3v) is 4.54. The van der Waals surface area contributed by atoms with Crippen LogP contribution in [0.15, 0.2) is 60.7 Å². The van der Waals surface area contributed by atoms with Gasteiger partial charge in [0.05, 0.1) is 0 Å². The Morgan fingerprint density at radius 1 is 0.963 bits per heavy atom. The molecular weight excluding hydrogens is 338 g/mol. The fraction of sp³-hybridized carbons (Fsp3) is 0.435. The summed E-state index contributed by atoms with van der Waals surface area (Å²) in [6.45, 7) is 7.14. The highest BCUT2D eigenvalue weighted by Crippen LogP contribution is 2.21. The highest BCUT2D eigenvalue weighted by Gasteiger charge is 2.28. The first-order chi connectivity index (χ1) is 13.0. The molecule has 4 heteroatoms. The number of carbonyl (C=O) groups is 1. The van der Waals surface area contributed by atoms with Crippen molar-refractivity contribution in [3.8, 4) is 0 Å². The normalized spacial score (nSPS) is 13.6. The lowest BCUT2D eigenvalue weighted by molar-refractivity contribution is -0.145. The van der Waals surface area contributed by atoms with E-state index in [9.17, 15) is 9.90 Å². The Morgan fingerprint density at radius 2 is 1.44 bits per heavy atom. The molecule has 146 valence electrons. The quantitative estimate of drug-likeness (QED) is 0.643. The highest BCUT2D eigenvalue weighted by atomic mass is 16.5. The van der Waals surface area contributed by atoms with Crippen molar-refractivity contribution in [1.29, 1.82) is 0 Å². The van der Waals surface area contributed by atoms with Crippen molar-refractivity contribution in [1.82, 2.24) is 4.90 Å². The monoisotopic (exact) mass is 369 g/mol. The van der Waals surface area contributed by atoms with Crippen molar-refractivity contribution in [3.63, 3.8) is 0 Å². The summed E-state index contributed by atoms with van der Waals surface area (Å²) in [5.41, 5.74) is 2.39. The van der Waals surface area contributed by atoms with Crippen LogP contribution < -0.4 is 0 Å². The van der Waals surface area contributed by atoms with E-state index >= 15 is 0 Å². The van der Waals surface area contributed by atoms with Crippen LogP contribution in [0.4, 0.5) is 0 Å². The minimum atomic E-state index is -0.733. The molecule has 2 atom stereocenters. The van der Waals surface area contributed by atoms with Gasteiger partial charge in [0.1, 0.15) is 12.7 Å². The maximum absolute atomic E-state index is 11.2. The third kappa shape index (κ3) is 7.53. The van der Waals surface area contributed by atoms with Gasteiger partial charge < -0.3 is 9.84 Å². The summed E-state index contributed by atoms with van der Waals surface area (Å²) in [5.74, 6) is 0.0473. The Labute approximate surface area is 162 Å². The molecule has 0 aliphatic rings. The van der Waals surface area contributed by atoms with Crippen LogP contribution in [0.5, 0.6) is 0 Å². The zero-order chi connectivity index (χ0) is 19.6. The van der Waals surface area contributed by atoms with Gasteiger partial charge in [-0.2, -0.15) is 0 Å². The minimum absolute atomic E-state index is 0.0206. The molecule has 0 unspecified atom stereocenters. The van der Waals surface area contributed by atoms with E-state index in [2.05, 4.69) is 43.0 Å². The van der Waals surface area contributed by atoms with Gasteiger partial charge in [-0.25, -0.2) is 0 Å². The summed E-state index contributed by atoms with van der Waals surface area (Å²) < 4.78 is 5.10. The summed E-state index contributed by atoms with van der Waals surface area (Å²) in [7, 11) is 0. The molecule has 2 aromatic rings. The Kier molecular flexibility index (Phi) is 8.49. The molecule has 0 spiro atoms. The molecule has 0 saturated carbocycles. The van der Waals surface area contributed by atoms with Crippen LogP contribution in [-0.4, -0.2) is 34.7 Å². The van der Waals surface area contributed by atoms with Crippen LogP contribution in [-0.2, 0) is 22.6 Å². The molecule has 0 aliphatic carbocycles. The molecule has 0 aliphatic heterocycles. The van der Waals surface area contributed by atoms with Crippen LogP contribution in [0, 0.1) is 5.92 Å². The van der Waals surface area contributed by atoms with Gasteiger partial charge in [0.2, 0.25) is 0 Å². The number of aliphatic hydroxyl groups is 1. The molecule has 2 rings (SSSR count). The second-order valence-corrected chi connectivity index (χ2v) is 7.44. The molecule has 0 heterocycles. The molecule has 1 N–H and O–H groups in total. The third-order valence-electron chi connectivity index (χ3n) is 4.54. The number of carbonyl (C=O) groups excluding carboxylic acids is 1. The van der Waals surface area contributed by atoms with E-state index in [4.69, 9.17) is 4.74 Å². The van der Waals surface area contributed by atoms with Gasteiger partial charge in [0.25, 0.3) is 0 Å². The number of hydrogen-bond donors (Lipinski definition) is 1. The topological polar surface area (TPSA) is 49.8 Å². The largest absolute Gasteiger partial charge is 0.463 e. The van der Waals surface area contributed by atoms with Crippen LogP contribution in [0.3, 0.4) is 0 Å². The maximum Gasteiger partial charge on any atom is 0.302 e. The Balaban J connectivity index is 2.24. The van der Waals surface area contributed by atoms with Gasteiger partial charge in [-0.15, -0.1) is 0 Å². The van der Waals surface area contributed by atoms with Crippen molar-refractivity contribution in [2.24, 2.45) is 5.92 Å². The summed E-state index contributed by atoms with van der Waals surface area (Å²) in [6, 6.07) is 20.4. The first-order valence-corrected chi connectivity index (χ1v) is 9.59. The minimum Gasteiger partial charge on any atom is -0.463 e. The van der Waals surface area contributed by atoms with E-state index in [0.29, 0.717) is 5.92 Å². The van der Waals surface area contributed by atoms with Gasteiger partial charge in [-0.1, -0.05) is 74.5 Å². The van der Waals surface area contributed by atoms with Crippen molar-refractivity contribution in [2.75, 3.05) is 6.61 Å². The van der Waals surface area contributed by atoms with Crippen LogP contribution >= 0.6 is 0 Å². The van der Waals surface area contributed by atoms with Crippen LogP contribution in [0.2, 0.25) is 0 Å². The number of nitrogens with zero attached hydrogens (tertiary/aromatic N) is 1. The first kappa shape index (κ1) is 21.1. The number of ether oxygens (including phenoxy) is 1. The molecule has 0 radical (unpaired) electrons. The van der Waals surface area contributed by atoms with Gasteiger partial charge >= 0.3 is 5.97 Å². The first-order valence-electron chi connectivity index (χ1n) is 9.59. The lowest BCUT2D eigenvalue weighted by Gasteiger charge is -2.36. The van der Waals surface area contributed by atoms with Gasteiger partial charge in [0, 0.05) is 26.1 Å².